The molecule has 0 aliphatic carbocycles. The first kappa shape index (κ1) is 31.5. The second-order valence-electron chi connectivity index (χ2n) is 9.26. The lowest BCUT2D eigenvalue weighted by molar-refractivity contribution is -0.675. The van der Waals surface area contributed by atoms with E-state index in [-0.39, 0.29) is 1.43 Å². The molecule has 0 radical (unpaired) electrons. The number of fused-ring (bicyclic) bond motifs is 4. The first-order valence-electron chi connectivity index (χ1n) is 12.9. The lowest BCUT2D eigenvalue weighted by atomic mass is 9.92. The van der Waals surface area contributed by atoms with E-state index >= 15 is 0 Å². The van der Waals surface area contributed by atoms with E-state index in [4.69, 9.17) is 50.7 Å². The summed E-state index contributed by atoms with van der Waals surface area (Å²) in [5.74, 6) is 4.41. The van der Waals surface area contributed by atoms with Crippen LogP contribution in [0.3, 0.4) is 0 Å². The SMILES string of the molecule is COc1cc2c(cc1OC)-c1cc3cc(OC)c(OC)cc3c(-c3cc(OC)c(OC)c(OC)c3)[n+]1CC2.O=S(=O)([O-])[O-].[H+]. The highest BCUT2D eigenvalue weighted by molar-refractivity contribution is 7.79. The Hall–Kier alpha value is -4.46. The molecule has 3 aromatic carbocycles. The summed E-state index contributed by atoms with van der Waals surface area (Å²) >= 11 is 0. The van der Waals surface area contributed by atoms with Crippen molar-refractivity contribution in [2.45, 2.75) is 13.0 Å². The van der Waals surface area contributed by atoms with Crippen LogP contribution in [0.4, 0.5) is 0 Å². The largest absolute Gasteiger partial charge is 1.00 e. The number of rotatable bonds is 8. The maximum absolute atomic E-state index is 8.52. The van der Waals surface area contributed by atoms with Crippen molar-refractivity contribution in [3.05, 3.63) is 48.0 Å². The molecule has 0 spiro atoms. The van der Waals surface area contributed by atoms with Gasteiger partial charge >= 0.3 is 1.43 Å². The van der Waals surface area contributed by atoms with Crippen molar-refractivity contribution < 1.29 is 56.7 Å². The average Bonchev–Trinajstić information content (AvgIpc) is 3.00. The van der Waals surface area contributed by atoms with E-state index in [9.17, 15) is 0 Å². The predicted octanol–water partition coefficient (Wildman–Crippen LogP) is 3.85. The van der Waals surface area contributed by atoms with Gasteiger partial charge in [-0.15, -0.1) is 0 Å². The normalized spacial score (nSPS) is 11.8. The van der Waals surface area contributed by atoms with Crippen molar-refractivity contribution in [3.8, 4) is 62.8 Å². The molecule has 0 N–H and O–H groups in total. The molecule has 0 bridgehead atoms. The van der Waals surface area contributed by atoms with Crippen LogP contribution in [0.15, 0.2) is 42.5 Å². The van der Waals surface area contributed by atoms with Crippen LogP contribution in [0.25, 0.3) is 33.3 Å². The molecular formula is C30H33NO11S. The van der Waals surface area contributed by atoms with Crippen LogP contribution in [0.5, 0.6) is 40.2 Å². The molecule has 0 saturated carbocycles. The van der Waals surface area contributed by atoms with Crippen LogP contribution in [-0.4, -0.2) is 67.3 Å². The molecule has 4 aromatic rings. The van der Waals surface area contributed by atoms with E-state index in [0.717, 1.165) is 52.0 Å². The van der Waals surface area contributed by atoms with Gasteiger partial charge in [-0.05, 0) is 47.3 Å². The molecule has 43 heavy (non-hydrogen) atoms. The van der Waals surface area contributed by atoms with Gasteiger partial charge in [0, 0.05) is 22.9 Å². The van der Waals surface area contributed by atoms with E-state index in [2.05, 4.69) is 16.7 Å². The zero-order chi connectivity index (χ0) is 31.5. The minimum absolute atomic E-state index is 0. The minimum atomic E-state index is -5.17. The molecule has 230 valence electrons. The highest BCUT2D eigenvalue weighted by Crippen LogP contribution is 2.45. The van der Waals surface area contributed by atoms with Gasteiger partial charge in [0.1, 0.15) is 0 Å². The second kappa shape index (κ2) is 12.8. The average molecular weight is 616 g/mol. The van der Waals surface area contributed by atoms with Crippen LogP contribution < -0.4 is 37.7 Å². The molecule has 0 saturated heterocycles. The molecule has 0 amide bonds. The Morgan fingerprint density at radius 1 is 0.651 bits per heavy atom. The summed E-state index contributed by atoms with van der Waals surface area (Å²) in [4.78, 5) is 0. The summed E-state index contributed by atoms with van der Waals surface area (Å²) in [6, 6.07) is 14.3. The number of hydrogen-bond donors (Lipinski definition) is 0. The summed E-state index contributed by atoms with van der Waals surface area (Å²) in [6.07, 6.45) is 0.823. The van der Waals surface area contributed by atoms with Gasteiger partial charge in [-0.25, -0.2) is 0 Å². The highest BCUT2D eigenvalue weighted by Gasteiger charge is 2.32. The molecule has 1 aliphatic heterocycles. The number of aryl methyl sites for hydroxylation is 1. The van der Waals surface area contributed by atoms with E-state index in [1.807, 2.05) is 30.3 Å². The number of pyridine rings is 1. The van der Waals surface area contributed by atoms with Gasteiger partial charge in [-0.2, -0.15) is 4.57 Å². The van der Waals surface area contributed by atoms with Crippen molar-refractivity contribution in [2.24, 2.45) is 0 Å². The molecule has 0 atom stereocenters. The standard InChI is InChI=1S/C30H32NO7.H2O4S/c1-32-23-11-17-8-9-31-22(20(17)15-25(23)34-3)10-18-12-24(33-2)26(35-4)16-21(18)29(31)19-13-27(36-5)30(38-7)28(14-19)37-6;1-5(2,3)4/h10-16H,8-9H2,1-7H3;(H2,1,2,3,4)/q+1;/p-1. The monoisotopic (exact) mass is 615 g/mol. The van der Waals surface area contributed by atoms with Crippen molar-refractivity contribution in [1.29, 1.82) is 0 Å². The Bertz CT molecular complexity index is 1740. The van der Waals surface area contributed by atoms with Gasteiger partial charge in [-0.1, -0.05) is 0 Å². The van der Waals surface area contributed by atoms with Crippen LogP contribution in [0.1, 0.15) is 6.99 Å². The van der Waals surface area contributed by atoms with E-state index in [1.165, 1.54) is 5.56 Å². The lowest BCUT2D eigenvalue weighted by Gasteiger charge is -2.22. The first-order valence-corrected chi connectivity index (χ1v) is 14.2. The maximum Gasteiger partial charge on any atom is 1.00 e. The van der Waals surface area contributed by atoms with Crippen molar-refractivity contribution >= 4 is 21.2 Å². The van der Waals surface area contributed by atoms with Crippen LogP contribution >= 0.6 is 0 Å². The Kier molecular flexibility index (Phi) is 9.38. The van der Waals surface area contributed by atoms with E-state index in [0.29, 0.717) is 34.5 Å². The fraction of sp³-hybridized carbons (Fsp3) is 0.300. The second-order valence-corrected chi connectivity index (χ2v) is 10.1. The molecule has 12 nitrogen and oxygen atoms in total. The van der Waals surface area contributed by atoms with E-state index in [1.54, 1.807) is 49.8 Å². The molecular weight excluding hydrogens is 582 g/mol. The van der Waals surface area contributed by atoms with Gasteiger partial charge in [0.15, 0.2) is 41.0 Å². The molecule has 0 unspecified atom stereocenters. The molecule has 1 aromatic heterocycles. The summed E-state index contributed by atoms with van der Waals surface area (Å²) in [7, 11) is 6.27. The summed E-state index contributed by atoms with van der Waals surface area (Å²) in [5.41, 5.74) is 5.24. The Morgan fingerprint density at radius 3 is 1.65 bits per heavy atom. The number of ether oxygens (including phenoxy) is 7. The molecule has 5 rings (SSSR count). The zero-order valence-electron chi connectivity index (χ0n) is 25.8. The third-order valence-corrected chi connectivity index (χ3v) is 7.09. The van der Waals surface area contributed by atoms with Crippen LogP contribution in [-0.2, 0) is 23.4 Å². The zero-order valence-corrected chi connectivity index (χ0v) is 25.6. The lowest BCUT2D eigenvalue weighted by Crippen LogP contribution is -2.42. The summed E-state index contributed by atoms with van der Waals surface area (Å²) < 4.78 is 76.0. The molecule has 2 heterocycles. The smallest absolute Gasteiger partial charge is 0.759 e. The third kappa shape index (κ3) is 6.33. The highest BCUT2D eigenvalue weighted by atomic mass is 32.3. The fourth-order valence-electron chi connectivity index (χ4n) is 5.29. The molecule has 0 fully saturated rings. The summed E-state index contributed by atoms with van der Waals surface area (Å²) in [5, 5.41) is 2.00. The van der Waals surface area contributed by atoms with Gasteiger partial charge in [0.25, 0.3) is 0 Å². The number of methoxy groups -OCH3 is 7. The Morgan fingerprint density at radius 2 is 1.14 bits per heavy atom. The summed E-state index contributed by atoms with van der Waals surface area (Å²) in [6.45, 7) is 0.758. The Labute approximate surface area is 251 Å². The first-order chi connectivity index (χ1) is 20.5. The third-order valence-electron chi connectivity index (χ3n) is 7.09. The van der Waals surface area contributed by atoms with Gasteiger partial charge in [-0.3, -0.25) is 8.42 Å². The van der Waals surface area contributed by atoms with Gasteiger partial charge in [0.2, 0.25) is 17.1 Å². The van der Waals surface area contributed by atoms with Gasteiger partial charge < -0.3 is 42.3 Å². The van der Waals surface area contributed by atoms with Crippen molar-refractivity contribution in [1.82, 2.24) is 0 Å². The molecule has 1 aliphatic rings. The van der Waals surface area contributed by atoms with Crippen LogP contribution in [0, 0.1) is 0 Å². The number of nitrogens with zero attached hydrogens (tertiary/aromatic N) is 1. The van der Waals surface area contributed by atoms with E-state index < -0.39 is 10.4 Å². The van der Waals surface area contributed by atoms with Crippen LogP contribution in [0.2, 0.25) is 0 Å². The maximum atomic E-state index is 8.52. The van der Waals surface area contributed by atoms with Gasteiger partial charge in [0.05, 0.1) is 66.3 Å². The minimum Gasteiger partial charge on any atom is -0.759 e. The van der Waals surface area contributed by atoms with Crippen molar-refractivity contribution in [3.63, 3.8) is 0 Å². The topological polar surface area (TPSA) is 149 Å². The number of hydrogen-bond acceptors (Lipinski definition) is 11. The fourth-order valence-corrected chi connectivity index (χ4v) is 5.29. The molecule has 13 heteroatoms. The Balaban J connectivity index is 0.000000817. The predicted molar refractivity (Wildman–Crippen MR) is 156 cm³/mol. The van der Waals surface area contributed by atoms with Crippen molar-refractivity contribution in [2.75, 3.05) is 49.8 Å². The number of aromatic nitrogens is 1. The number of benzene rings is 3. The quantitative estimate of drug-likeness (QED) is 0.162.